The molecule has 0 aliphatic carbocycles. The van der Waals surface area contributed by atoms with E-state index in [0.29, 0.717) is 0 Å². The summed E-state index contributed by atoms with van der Waals surface area (Å²) in [6.07, 6.45) is 0. The van der Waals surface area contributed by atoms with Gasteiger partial charge in [0, 0.05) is 43.7 Å². The highest BCUT2D eigenvalue weighted by molar-refractivity contribution is 7.01. The molecule has 9 aromatic carbocycles. The van der Waals surface area contributed by atoms with Crippen LogP contribution in [0.1, 0.15) is 0 Å². The van der Waals surface area contributed by atoms with Crippen LogP contribution in [-0.4, -0.2) is 15.8 Å². The van der Waals surface area contributed by atoms with Crippen molar-refractivity contribution < 1.29 is 0 Å². The Morgan fingerprint density at radius 1 is 0.321 bits per heavy atom. The molecular weight excluding hydrogens is 639 g/mol. The zero-order chi connectivity index (χ0) is 34.4. The molecule has 0 radical (unpaired) electrons. The van der Waals surface area contributed by atoms with Crippen molar-refractivity contribution in [1.82, 2.24) is 9.13 Å². The fraction of sp³-hybridized carbons (Fsp3) is 0. The first kappa shape index (κ1) is 27.8. The Balaban J connectivity index is 1.20. The van der Waals surface area contributed by atoms with Gasteiger partial charge in [-0.15, -0.1) is 0 Å². The van der Waals surface area contributed by atoms with Gasteiger partial charge >= 0.3 is 0 Å². The van der Waals surface area contributed by atoms with Crippen molar-refractivity contribution in [3.05, 3.63) is 176 Å². The molecular formula is C50H29BN2. The topological polar surface area (TPSA) is 9.86 Å². The summed E-state index contributed by atoms with van der Waals surface area (Å²) in [6, 6.07) is 65.7. The minimum Gasteiger partial charge on any atom is -0.309 e. The minimum absolute atomic E-state index is 0.118. The maximum atomic E-state index is 2.50. The second-order valence-electron chi connectivity index (χ2n) is 14.8. The molecule has 0 fully saturated rings. The molecule has 0 bridgehead atoms. The smallest absolute Gasteiger partial charge is 0.244 e. The molecule has 3 heteroatoms. The van der Waals surface area contributed by atoms with Crippen molar-refractivity contribution >= 4 is 88.3 Å². The third-order valence-electron chi connectivity index (χ3n) is 12.3. The van der Waals surface area contributed by atoms with Gasteiger partial charge in [-0.1, -0.05) is 144 Å². The van der Waals surface area contributed by atoms with Crippen LogP contribution in [0.2, 0.25) is 0 Å². The van der Waals surface area contributed by atoms with Crippen LogP contribution in [0, 0.1) is 0 Å². The third kappa shape index (κ3) is 3.41. The fourth-order valence-corrected chi connectivity index (χ4v) is 10.3. The summed E-state index contributed by atoms with van der Waals surface area (Å²) >= 11 is 0. The maximum absolute atomic E-state index is 2.50. The van der Waals surface area contributed by atoms with Crippen LogP contribution in [0.4, 0.5) is 0 Å². The summed E-state index contributed by atoms with van der Waals surface area (Å²) in [7, 11) is 0. The van der Waals surface area contributed by atoms with E-state index < -0.39 is 0 Å². The summed E-state index contributed by atoms with van der Waals surface area (Å²) in [5.74, 6) is 0. The lowest BCUT2D eigenvalue weighted by Gasteiger charge is -2.34. The lowest BCUT2D eigenvalue weighted by atomic mass is 9.31. The van der Waals surface area contributed by atoms with Gasteiger partial charge in [0.15, 0.2) is 0 Å². The van der Waals surface area contributed by atoms with Gasteiger partial charge < -0.3 is 9.13 Å². The quantitative estimate of drug-likeness (QED) is 0.162. The average molecular weight is 669 g/mol. The van der Waals surface area contributed by atoms with Gasteiger partial charge in [0.25, 0.3) is 0 Å². The Morgan fingerprint density at radius 3 is 1.23 bits per heavy atom. The molecule has 13 rings (SSSR count). The molecule has 53 heavy (non-hydrogen) atoms. The van der Waals surface area contributed by atoms with Gasteiger partial charge in [-0.3, -0.25) is 0 Å². The predicted octanol–water partition coefficient (Wildman–Crippen LogP) is 10.7. The normalized spacial score (nSPS) is 12.9. The van der Waals surface area contributed by atoms with E-state index in [-0.39, 0.29) is 6.71 Å². The second kappa shape index (κ2) is 9.94. The summed E-state index contributed by atoms with van der Waals surface area (Å²) in [5, 5.41) is 10.5. The molecule has 2 aromatic heterocycles. The molecule has 2 aliphatic heterocycles. The van der Waals surface area contributed by atoms with Crippen LogP contribution in [0.25, 0.3) is 98.8 Å². The molecule has 2 aliphatic rings. The molecule has 0 saturated carbocycles. The van der Waals surface area contributed by atoms with Gasteiger partial charge in [0.05, 0.1) is 22.1 Å². The number of benzene rings is 9. The highest BCUT2D eigenvalue weighted by Gasteiger charge is 2.39. The summed E-state index contributed by atoms with van der Waals surface area (Å²) in [6.45, 7) is 0.118. The number of nitrogens with zero attached hydrogens (tertiary/aromatic N) is 2. The van der Waals surface area contributed by atoms with Crippen LogP contribution >= 0.6 is 0 Å². The van der Waals surface area contributed by atoms with E-state index in [4.69, 9.17) is 0 Å². The van der Waals surface area contributed by atoms with Crippen LogP contribution in [0.3, 0.4) is 0 Å². The number of para-hydroxylation sites is 4. The molecule has 0 unspecified atom stereocenters. The Labute approximate surface area is 305 Å². The van der Waals surface area contributed by atoms with Crippen LogP contribution < -0.4 is 16.4 Å². The standard InChI is InChI=1S/C50H29BN2/c1-3-14-30(15-4-1)52-44-26-9-7-18-32(44)40-28-38-34-20-11-21-35-39-29-41-33-19-8-10-27-45(33)53(31-16-5-2-6-17-31)50(41)37-23-13-25-43(47(37)39)51(48(34)35)42-24-12-22-36(46(38)42)49(40)52/h1-29H. The number of fused-ring (bicyclic) bond motifs is 12. The van der Waals surface area contributed by atoms with Gasteiger partial charge in [-0.25, -0.2) is 0 Å². The van der Waals surface area contributed by atoms with Crippen LogP contribution in [-0.2, 0) is 0 Å². The molecule has 2 nitrogen and oxygen atoms in total. The van der Waals surface area contributed by atoms with E-state index in [1.54, 1.807) is 0 Å². The Kier molecular flexibility index (Phi) is 5.22. The number of rotatable bonds is 2. The van der Waals surface area contributed by atoms with E-state index in [1.165, 1.54) is 115 Å². The monoisotopic (exact) mass is 668 g/mol. The zero-order valence-electron chi connectivity index (χ0n) is 28.7. The summed E-state index contributed by atoms with van der Waals surface area (Å²) < 4.78 is 4.96. The first-order chi connectivity index (χ1) is 26.3. The Bertz CT molecular complexity index is 3160. The molecule has 0 atom stereocenters. The lowest BCUT2D eigenvalue weighted by Crippen LogP contribution is -2.57. The van der Waals surface area contributed by atoms with Crippen molar-refractivity contribution in [3.8, 4) is 33.6 Å². The molecule has 0 saturated heterocycles. The fourth-order valence-electron chi connectivity index (χ4n) is 10.3. The highest BCUT2D eigenvalue weighted by Crippen LogP contribution is 2.46. The average Bonchev–Trinajstić information content (AvgIpc) is 3.74. The van der Waals surface area contributed by atoms with E-state index in [0.717, 1.165) is 0 Å². The van der Waals surface area contributed by atoms with Gasteiger partial charge in [0.2, 0.25) is 6.71 Å². The number of hydrogen-bond acceptors (Lipinski definition) is 0. The third-order valence-corrected chi connectivity index (χ3v) is 12.3. The summed E-state index contributed by atoms with van der Waals surface area (Å²) in [4.78, 5) is 0. The molecule has 0 N–H and O–H groups in total. The van der Waals surface area contributed by atoms with E-state index in [2.05, 4.69) is 185 Å². The first-order valence-electron chi connectivity index (χ1n) is 18.6. The Morgan fingerprint density at radius 2 is 0.736 bits per heavy atom. The lowest BCUT2D eigenvalue weighted by molar-refractivity contribution is 1.19. The highest BCUT2D eigenvalue weighted by atomic mass is 15.0. The molecule has 4 heterocycles. The number of hydrogen-bond donors (Lipinski definition) is 0. The second-order valence-corrected chi connectivity index (χ2v) is 14.8. The zero-order valence-corrected chi connectivity index (χ0v) is 28.7. The molecule has 242 valence electrons. The maximum Gasteiger partial charge on any atom is 0.244 e. The van der Waals surface area contributed by atoms with E-state index >= 15 is 0 Å². The number of aromatic nitrogens is 2. The molecule has 0 amide bonds. The van der Waals surface area contributed by atoms with Gasteiger partial charge in [0.1, 0.15) is 0 Å². The predicted molar refractivity (Wildman–Crippen MR) is 226 cm³/mol. The molecule has 0 spiro atoms. The van der Waals surface area contributed by atoms with Crippen molar-refractivity contribution in [2.24, 2.45) is 0 Å². The SMILES string of the molecule is c1ccc(-n2c3ccccc3c3cc4c5c(cccc5c32)B2c3c-4cccc3-c3cc4c5ccccc5n(-c5ccccc5)c4c4cccc2c34)cc1. The first-order valence-corrected chi connectivity index (χ1v) is 18.6. The van der Waals surface area contributed by atoms with E-state index in [1.807, 2.05) is 0 Å². The largest absolute Gasteiger partial charge is 0.309 e. The summed E-state index contributed by atoms with van der Waals surface area (Å²) in [5.41, 5.74) is 17.0. The Hall–Kier alpha value is -6.84. The van der Waals surface area contributed by atoms with Crippen LogP contribution in [0.15, 0.2) is 176 Å². The van der Waals surface area contributed by atoms with Gasteiger partial charge in [-0.2, -0.15) is 0 Å². The molecule has 11 aromatic rings. The van der Waals surface area contributed by atoms with Crippen molar-refractivity contribution in [2.75, 3.05) is 0 Å². The van der Waals surface area contributed by atoms with Gasteiger partial charge in [-0.05, 0) is 81.6 Å². The van der Waals surface area contributed by atoms with Crippen molar-refractivity contribution in [2.45, 2.75) is 0 Å². The van der Waals surface area contributed by atoms with Crippen LogP contribution in [0.5, 0.6) is 0 Å². The van der Waals surface area contributed by atoms with Crippen molar-refractivity contribution in [1.29, 1.82) is 0 Å². The van der Waals surface area contributed by atoms with E-state index in [9.17, 15) is 0 Å². The minimum atomic E-state index is 0.118. The van der Waals surface area contributed by atoms with Crippen molar-refractivity contribution in [3.63, 3.8) is 0 Å².